The molecular formula is C12H18ClN3O3S. The highest BCUT2D eigenvalue weighted by molar-refractivity contribution is 7.89. The second-order valence-corrected chi connectivity index (χ2v) is 6.83. The number of anilines is 1. The number of hydrogen-bond donors (Lipinski definition) is 2. The van der Waals surface area contributed by atoms with Crippen molar-refractivity contribution in [3.05, 3.63) is 17.3 Å². The maximum Gasteiger partial charge on any atom is 0.242 e. The molecule has 20 heavy (non-hydrogen) atoms. The van der Waals surface area contributed by atoms with Gasteiger partial charge in [-0.2, -0.15) is 0 Å². The van der Waals surface area contributed by atoms with E-state index >= 15 is 0 Å². The summed E-state index contributed by atoms with van der Waals surface area (Å²) in [5.41, 5.74) is 0. The molecule has 1 aromatic heterocycles. The van der Waals surface area contributed by atoms with Crippen LogP contribution in [0.15, 0.2) is 17.2 Å². The first-order chi connectivity index (χ1) is 9.44. The molecule has 8 heteroatoms. The lowest BCUT2D eigenvalue weighted by molar-refractivity contribution is 0.0902. The number of aromatic nitrogens is 1. The van der Waals surface area contributed by atoms with Gasteiger partial charge in [0.25, 0.3) is 0 Å². The number of sulfonamides is 1. The molecule has 6 nitrogen and oxygen atoms in total. The maximum absolute atomic E-state index is 12.3. The summed E-state index contributed by atoms with van der Waals surface area (Å²) in [5, 5.41) is 3.05. The highest BCUT2D eigenvalue weighted by atomic mass is 35.5. The third kappa shape index (κ3) is 3.41. The molecule has 2 unspecified atom stereocenters. The average Bonchev–Trinajstić information content (AvgIpc) is 2.92. The van der Waals surface area contributed by atoms with Gasteiger partial charge in [-0.25, -0.2) is 18.1 Å². The second kappa shape index (κ2) is 6.26. The van der Waals surface area contributed by atoms with E-state index in [0.717, 1.165) is 12.8 Å². The molecule has 2 N–H and O–H groups in total. The zero-order chi connectivity index (χ0) is 14.8. The van der Waals surface area contributed by atoms with Gasteiger partial charge in [0, 0.05) is 25.9 Å². The van der Waals surface area contributed by atoms with Crippen molar-refractivity contribution < 1.29 is 13.2 Å². The van der Waals surface area contributed by atoms with Crippen LogP contribution in [0.1, 0.15) is 19.8 Å². The number of rotatable bonds is 5. The van der Waals surface area contributed by atoms with E-state index in [1.165, 1.54) is 12.3 Å². The van der Waals surface area contributed by atoms with Gasteiger partial charge in [0.05, 0.1) is 11.1 Å². The normalized spacial score (nSPS) is 20.9. The van der Waals surface area contributed by atoms with Gasteiger partial charge in [0.1, 0.15) is 10.7 Å². The van der Waals surface area contributed by atoms with Crippen LogP contribution in [0.3, 0.4) is 0 Å². The monoisotopic (exact) mass is 319 g/mol. The topological polar surface area (TPSA) is 80.3 Å². The minimum absolute atomic E-state index is 0.0475. The molecule has 2 heterocycles. The fourth-order valence-corrected chi connectivity index (χ4v) is 3.70. The van der Waals surface area contributed by atoms with Crippen LogP contribution in [0.5, 0.6) is 0 Å². The Bertz CT molecular complexity index is 573. The van der Waals surface area contributed by atoms with Crippen LogP contribution in [0.4, 0.5) is 5.82 Å². The lowest BCUT2D eigenvalue weighted by atomic mass is 10.1. The Morgan fingerprint density at radius 3 is 2.85 bits per heavy atom. The van der Waals surface area contributed by atoms with E-state index in [2.05, 4.69) is 15.0 Å². The molecule has 1 aromatic rings. The highest BCUT2D eigenvalue weighted by Crippen LogP contribution is 2.23. The third-order valence-electron chi connectivity index (χ3n) is 3.23. The minimum Gasteiger partial charge on any atom is -0.377 e. The molecule has 2 rings (SSSR count). The van der Waals surface area contributed by atoms with Crippen molar-refractivity contribution in [2.24, 2.45) is 0 Å². The smallest absolute Gasteiger partial charge is 0.242 e. The van der Waals surface area contributed by atoms with Gasteiger partial charge >= 0.3 is 0 Å². The summed E-state index contributed by atoms with van der Waals surface area (Å²) in [6.45, 7) is 2.48. The first kappa shape index (κ1) is 15.5. The number of halogens is 1. The first-order valence-electron chi connectivity index (χ1n) is 6.41. The van der Waals surface area contributed by atoms with E-state index in [4.69, 9.17) is 16.3 Å². The zero-order valence-corrected chi connectivity index (χ0v) is 13.0. The average molecular weight is 320 g/mol. The van der Waals surface area contributed by atoms with E-state index in [-0.39, 0.29) is 22.1 Å². The number of ether oxygens (including phenoxy) is 1. The van der Waals surface area contributed by atoms with E-state index in [9.17, 15) is 8.42 Å². The van der Waals surface area contributed by atoms with Crippen molar-refractivity contribution >= 4 is 27.4 Å². The highest BCUT2D eigenvalue weighted by Gasteiger charge is 2.27. The Labute approximate surface area is 123 Å². The van der Waals surface area contributed by atoms with Crippen molar-refractivity contribution in [1.29, 1.82) is 0 Å². The molecule has 0 bridgehead atoms. The molecule has 0 saturated carbocycles. The Morgan fingerprint density at radius 1 is 1.55 bits per heavy atom. The largest absolute Gasteiger partial charge is 0.377 e. The summed E-state index contributed by atoms with van der Waals surface area (Å²) < 4.78 is 32.6. The molecule has 1 fully saturated rings. The van der Waals surface area contributed by atoms with Crippen LogP contribution in [0.25, 0.3) is 0 Å². The minimum atomic E-state index is -3.65. The molecule has 1 aliphatic rings. The fraction of sp³-hybridized carbons (Fsp3) is 0.583. The Morgan fingerprint density at radius 2 is 2.30 bits per heavy atom. The SMILES string of the molecule is CNc1ncc(S(=O)(=O)NC(C)C2CCCO2)cc1Cl. The van der Waals surface area contributed by atoms with Crippen molar-refractivity contribution in [2.45, 2.75) is 36.8 Å². The second-order valence-electron chi connectivity index (χ2n) is 4.71. The zero-order valence-electron chi connectivity index (χ0n) is 11.4. The molecule has 1 saturated heterocycles. The molecule has 0 aliphatic carbocycles. The molecular weight excluding hydrogens is 302 g/mol. The lowest BCUT2D eigenvalue weighted by Gasteiger charge is -2.20. The van der Waals surface area contributed by atoms with Crippen LogP contribution in [0.2, 0.25) is 5.02 Å². The molecule has 0 spiro atoms. The maximum atomic E-state index is 12.3. The van der Waals surface area contributed by atoms with Crippen LogP contribution in [0, 0.1) is 0 Å². The summed E-state index contributed by atoms with van der Waals surface area (Å²) in [4.78, 5) is 4.02. The van der Waals surface area contributed by atoms with Gasteiger partial charge in [-0.1, -0.05) is 11.6 Å². The third-order valence-corrected chi connectivity index (χ3v) is 5.04. The summed E-state index contributed by atoms with van der Waals surface area (Å²) in [7, 11) is -1.98. The molecule has 0 aromatic carbocycles. The molecule has 0 amide bonds. The van der Waals surface area contributed by atoms with Gasteiger partial charge in [0.2, 0.25) is 10.0 Å². The van der Waals surface area contributed by atoms with Crippen molar-refractivity contribution in [3.63, 3.8) is 0 Å². The van der Waals surface area contributed by atoms with Crippen LogP contribution in [-0.2, 0) is 14.8 Å². The van der Waals surface area contributed by atoms with Crippen LogP contribution >= 0.6 is 11.6 Å². The van der Waals surface area contributed by atoms with E-state index in [1.807, 2.05) is 0 Å². The predicted octanol–water partition coefficient (Wildman–Crippen LogP) is 1.62. The van der Waals surface area contributed by atoms with Gasteiger partial charge in [-0.3, -0.25) is 0 Å². The number of hydrogen-bond acceptors (Lipinski definition) is 5. The standard InChI is InChI=1S/C12H18ClN3O3S/c1-8(11-4-3-5-19-11)16-20(17,18)9-6-10(13)12(14-2)15-7-9/h6-8,11,16H,3-5H2,1-2H3,(H,14,15). The summed E-state index contributed by atoms with van der Waals surface area (Å²) in [5.74, 6) is 0.442. The van der Waals surface area contributed by atoms with Crippen LogP contribution in [-0.4, -0.2) is 39.2 Å². The molecule has 2 atom stereocenters. The van der Waals surface area contributed by atoms with Crippen molar-refractivity contribution in [1.82, 2.24) is 9.71 Å². The van der Waals surface area contributed by atoms with E-state index in [1.54, 1.807) is 14.0 Å². The lowest BCUT2D eigenvalue weighted by Crippen LogP contribution is -2.40. The number of pyridine rings is 1. The summed E-state index contributed by atoms with van der Waals surface area (Å²) in [6.07, 6.45) is 3.02. The molecule has 0 radical (unpaired) electrons. The summed E-state index contributed by atoms with van der Waals surface area (Å²) in [6, 6.07) is 1.09. The van der Waals surface area contributed by atoms with Crippen LogP contribution < -0.4 is 10.0 Å². The van der Waals surface area contributed by atoms with Gasteiger partial charge in [-0.05, 0) is 25.8 Å². The quantitative estimate of drug-likeness (QED) is 0.862. The van der Waals surface area contributed by atoms with Gasteiger partial charge < -0.3 is 10.1 Å². The van der Waals surface area contributed by atoms with Gasteiger partial charge in [0.15, 0.2) is 0 Å². The number of nitrogens with one attached hydrogen (secondary N) is 2. The first-order valence-corrected chi connectivity index (χ1v) is 8.27. The summed E-state index contributed by atoms with van der Waals surface area (Å²) >= 11 is 5.96. The van der Waals surface area contributed by atoms with E-state index < -0.39 is 10.0 Å². The Kier molecular flexibility index (Phi) is 4.85. The molecule has 112 valence electrons. The molecule has 1 aliphatic heterocycles. The Hall–Kier alpha value is -0.890. The van der Waals surface area contributed by atoms with Gasteiger partial charge in [-0.15, -0.1) is 0 Å². The number of nitrogens with zero attached hydrogens (tertiary/aromatic N) is 1. The van der Waals surface area contributed by atoms with Crippen molar-refractivity contribution in [3.8, 4) is 0 Å². The Balaban J connectivity index is 2.15. The van der Waals surface area contributed by atoms with E-state index in [0.29, 0.717) is 12.4 Å². The predicted molar refractivity (Wildman–Crippen MR) is 77.6 cm³/mol. The fourth-order valence-electron chi connectivity index (χ4n) is 2.14. The van der Waals surface area contributed by atoms with Crippen molar-refractivity contribution in [2.75, 3.05) is 19.0 Å².